The predicted octanol–water partition coefficient (Wildman–Crippen LogP) is 2.77. The van der Waals surface area contributed by atoms with E-state index in [2.05, 4.69) is 28.9 Å². The Bertz CT molecular complexity index is 223. The van der Waals surface area contributed by atoms with Crippen molar-refractivity contribution in [2.45, 2.75) is 6.92 Å². The van der Waals surface area contributed by atoms with Crippen LogP contribution in [0.3, 0.4) is 0 Å². The van der Waals surface area contributed by atoms with Crippen molar-refractivity contribution in [1.82, 2.24) is 0 Å². The number of halogens is 1. The van der Waals surface area contributed by atoms with Gasteiger partial charge in [-0.15, -0.1) is 0 Å². The normalized spacial score (nSPS) is 9.64. The molecule has 1 aromatic rings. The second-order valence-corrected chi connectivity index (χ2v) is 3.15. The summed E-state index contributed by atoms with van der Waals surface area (Å²) < 4.78 is 5.39. The third-order valence-corrected chi connectivity index (χ3v) is 1.66. The molecule has 0 amide bonds. The molecule has 1 nitrogen and oxygen atoms in total. The van der Waals surface area contributed by atoms with Crippen LogP contribution in [0.25, 0.3) is 0 Å². The van der Waals surface area contributed by atoms with E-state index in [1.54, 1.807) is 0 Å². The van der Waals surface area contributed by atoms with Gasteiger partial charge in [-0.2, -0.15) is 0 Å². The minimum Gasteiger partial charge on any atom is -0.493 e. The second-order valence-electron chi connectivity index (χ2n) is 2.35. The van der Waals surface area contributed by atoms with Crippen LogP contribution in [0.15, 0.2) is 24.3 Å². The van der Waals surface area contributed by atoms with Crippen LogP contribution in [-0.4, -0.2) is 11.9 Å². The van der Waals surface area contributed by atoms with Gasteiger partial charge in [-0.3, -0.25) is 0 Å². The molecule has 0 unspecified atom stereocenters. The Morgan fingerprint density at radius 3 is 2.91 bits per heavy atom. The Labute approximate surface area is 75.5 Å². The number of alkyl halides is 1. The van der Waals surface area contributed by atoms with E-state index in [0.717, 1.165) is 17.7 Å². The fourth-order valence-corrected chi connectivity index (χ4v) is 1.02. The summed E-state index contributed by atoms with van der Waals surface area (Å²) in [6, 6.07) is 8.05. The van der Waals surface area contributed by atoms with E-state index in [1.165, 1.54) is 5.56 Å². The molecule has 0 fully saturated rings. The molecule has 0 saturated heterocycles. The minimum atomic E-state index is 0.726. The first-order chi connectivity index (χ1) is 5.33. The molecule has 11 heavy (non-hydrogen) atoms. The third kappa shape index (κ3) is 2.93. The quantitative estimate of drug-likeness (QED) is 0.704. The highest BCUT2D eigenvalue weighted by Gasteiger charge is 1.91. The van der Waals surface area contributed by atoms with Crippen LogP contribution in [0.1, 0.15) is 5.56 Å². The van der Waals surface area contributed by atoms with Gasteiger partial charge in [-0.05, 0) is 24.6 Å². The lowest BCUT2D eigenvalue weighted by Crippen LogP contribution is -1.97. The van der Waals surface area contributed by atoms with Gasteiger partial charge in [0.2, 0.25) is 0 Å². The van der Waals surface area contributed by atoms with Crippen LogP contribution in [0, 0.1) is 6.92 Å². The molecule has 0 aromatic heterocycles. The molecule has 0 heterocycles. The molecule has 0 aliphatic rings. The molecule has 0 aliphatic carbocycles. The molecule has 0 N–H and O–H groups in total. The predicted molar refractivity (Wildman–Crippen MR) is 50.5 cm³/mol. The maximum Gasteiger partial charge on any atom is 0.119 e. The Kier molecular flexibility index (Phi) is 3.43. The van der Waals surface area contributed by atoms with E-state index < -0.39 is 0 Å². The number of rotatable bonds is 3. The molecule has 60 valence electrons. The summed E-state index contributed by atoms with van der Waals surface area (Å²) in [6.45, 7) is 2.78. The lowest BCUT2D eigenvalue weighted by atomic mass is 10.2. The molecule has 1 rings (SSSR count). The van der Waals surface area contributed by atoms with Crippen LogP contribution < -0.4 is 4.74 Å². The Hall–Kier alpha value is -0.500. The number of ether oxygens (including phenoxy) is 1. The molecule has 0 spiro atoms. The highest BCUT2D eigenvalue weighted by molar-refractivity contribution is 9.09. The standard InChI is InChI=1S/C9H11BrO/c1-8-3-2-4-9(7-8)11-6-5-10/h2-4,7H,5-6H2,1H3. The van der Waals surface area contributed by atoms with Gasteiger partial charge in [-0.25, -0.2) is 0 Å². The highest BCUT2D eigenvalue weighted by Crippen LogP contribution is 2.11. The first kappa shape index (κ1) is 8.60. The SMILES string of the molecule is Cc1cccc(OCCBr)c1. The minimum absolute atomic E-state index is 0.726. The molecule has 2 heteroatoms. The van der Waals surface area contributed by atoms with Crippen LogP contribution in [0.5, 0.6) is 5.75 Å². The Balaban J connectivity index is 2.56. The molecule has 1 aromatic carbocycles. The monoisotopic (exact) mass is 214 g/mol. The highest BCUT2D eigenvalue weighted by atomic mass is 79.9. The van der Waals surface area contributed by atoms with E-state index in [1.807, 2.05) is 18.2 Å². The summed E-state index contributed by atoms with van der Waals surface area (Å²) in [5.41, 5.74) is 1.23. The molecule has 0 atom stereocenters. The van der Waals surface area contributed by atoms with Gasteiger partial charge >= 0.3 is 0 Å². The Morgan fingerprint density at radius 2 is 2.27 bits per heavy atom. The van der Waals surface area contributed by atoms with Gasteiger partial charge in [-0.1, -0.05) is 28.1 Å². The number of hydrogen-bond donors (Lipinski definition) is 0. The van der Waals surface area contributed by atoms with E-state index in [0.29, 0.717) is 0 Å². The average molecular weight is 215 g/mol. The zero-order valence-electron chi connectivity index (χ0n) is 6.51. The fraction of sp³-hybridized carbons (Fsp3) is 0.333. The lowest BCUT2D eigenvalue weighted by molar-refractivity contribution is 0.345. The maximum atomic E-state index is 5.39. The van der Waals surface area contributed by atoms with Gasteiger partial charge in [0.05, 0.1) is 6.61 Å². The molecule has 0 aliphatic heterocycles. The lowest BCUT2D eigenvalue weighted by Gasteiger charge is -2.03. The van der Waals surface area contributed by atoms with Crippen LogP contribution in [0.2, 0.25) is 0 Å². The van der Waals surface area contributed by atoms with Crippen molar-refractivity contribution < 1.29 is 4.74 Å². The van der Waals surface area contributed by atoms with Crippen LogP contribution >= 0.6 is 15.9 Å². The Morgan fingerprint density at radius 1 is 1.45 bits per heavy atom. The van der Waals surface area contributed by atoms with Crippen molar-refractivity contribution in [3.8, 4) is 5.75 Å². The van der Waals surface area contributed by atoms with Crippen molar-refractivity contribution >= 4 is 15.9 Å². The largest absolute Gasteiger partial charge is 0.493 e. The zero-order chi connectivity index (χ0) is 8.10. The number of aryl methyl sites for hydroxylation is 1. The van der Waals surface area contributed by atoms with Gasteiger partial charge in [0.1, 0.15) is 5.75 Å². The first-order valence-corrected chi connectivity index (χ1v) is 4.70. The van der Waals surface area contributed by atoms with Crippen molar-refractivity contribution in [1.29, 1.82) is 0 Å². The van der Waals surface area contributed by atoms with Crippen molar-refractivity contribution in [2.24, 2.45) is 0 Å². The van der Waals surface area contributed by atoms with E-state index in [4.69, 9.17) is 4.74 Å². The summed E-state index contributed by atoms with van der Waals surface area (Å²) in [6.07, 6.45) is 0. The zero-order valence-corrected chi connectivity index (χ0v) is 8.10. The van der Waals surface area contributed by atoms with E-state index >= 15 is 0 Å². The number of hydrogen-bond acceptors (Lipinski definition) is 1. The summed E-state index contributed by atoms with van der Waals surface area (Å²) in [5.74, 6) is 0.949. The van der Waals surface area contributed by atoms with E-state index in [-0.39, 0.29) is 0 Å². The van der Waals surface area contributed by atoms with Crippen molar-refractivity contribution in [3.63, 3.8) is 0 Å². The second kappa shape index (κ2) is 4.39. The maximum absolute atomic E-state index is 5.39. The first-order valence-electron chi connectivity index (χ1n) is 3.58. The summed E-state index contributed by atoms with van der Waals surface area (Å²) in [4.78, 5) is 0. The summed E-state index contributed by atoms with van der Waals surface area (Å²) in [7, 11) is 0. The van der Waals surface area contributed by atoms with Gasteiger partial charge < -0.3 is 4.74 Å². The molecule has 0 bridgehead atoms. The topological polar surface area (TPSA) is 9.23 Å². The smallest absolute Gasteiger partial charge is 0.119 e. The molecular formula is C9H11BrO. The summed E-state index contributed by atoms with van der Waals surface area (Å²) in [5, 5.41) is 0.876. The van der Waals surface area contributed by atoms with Crippen LogP contribution in [-0.2, 0) is 0 Å². The molecular weight excluding hydrogens is 204 g/mol. The van der Waals surface area contributed by atoms with Gasteiger partial charge in [0.15, 0.2) is 0 Å². The van der Waals surface area contributed by atoms with Gasteiger partial charge in [0, 0.05) is 5.33 Å². The van der Waals surface area contributed by atoms with E-state index in [9.17, 15) is 0 Å². The van der Waals surface area contributed by atoms with Crippen molar-refractivity contribution in [3.05, 3.63) is 29.8 Å². The average Bonchev–Trinajstić information content (AvgIpc) is 2.01. The van der Waals surface area contributed by atoms with Crippen molar-refractivity contribution in [2.75, 3.05) is 11.9 Å². The number of benzene rings is 1. The van der Waals surface area contributed by atoms with Crippen LogP contribution in [0.4, 0.5) is 0 Å². The molecule has 0 radical (unpaired) electrons. The molecule has 0 saturated carbocycles. The van der Waals surface area contributed by atoms with Gasteiger partial charge in [0.25, 0.3) is 0 Å². The third-order valence-electron chi connectivity index (χ3n) is 1.34. The summed E-state index contributed by atoms with van der Waals surface area (Å²) >= 11 is 3.30. The fourth-order valence-electron chi connectivity index (χ4n) is 0.862.